The van der Waals surface area contributed by atoms with Crippen molar-refractivity contribution in [3.63, 3.8) is 0 Å². The zero-order valence-corrected chi connectivity index (χ0v) is 9.98. The molecule has 0 atom stereocenters. The van der Waals surface area contributed by atoms with E-state index in [0.717, 1.165) is 18.7 Å². The van der Waals surface area contributed by atoms with E-state index >= 15 is 0 Å². The third kappa shape index (κ3) is 2.51. The van der Waals surface area contributed by atoms with Crippen molar-refractivity contribution in [1.82, 2.24) is 5.32 Å². The molecule has 0 saturated carbocycles. The van der Waals surface area contributed by atoms with Crippen LogP contribution in [0.1, 0.15) is 23.2 Å². The van der Waals surface area contributed by atoms with E-state index in [0.29, 0.717) is 12.0 Å². The highest BCUT2D eigenvalue weighted by molar-refractivity contribution is 5.97. The Labute approximate surface area is 106 Å². The van der Waals surface area contributed by atoms with Crippen molar-refractivity contribution in [2.45, 2.75) is 12.8 Å². The summed E-state index contributed by atoms with van der Waals surface area (Å²) in [6.07, 6.45) is 6.56. The number of anilines is 1. The standard InChI is InChI=1S/C14H14N2O2/c1-2-9-15-14(18)11-5-7-12(8-6-11)16-10-3-4-13(16)17/h1,5-8H,3-4,9-10H2,(H,15,18). The summed E-state index contributed by atoms with van der Waals surface area (Å²) in [6, 6.07) is 6.97. The Balaban J connectivity index is 2.08. The number of hydrogen-bond acceptors (Lipinski definition) is 2. The number of terminal acetylenes is 1. The molecule has 0 spiro atoms. The van der Waals surface area contributed by atoms with Gasteiger partial charge in [0.2, 0.25) is 5.91 Å². The molecule has 1 aliphatic heterocycles. The van der Waals surface area contributed by atoms with E-state index < -0.39 is 0 Å². The van der Waals surface area contributed by atoms with Crippen molar-refractivity contribution < 1.29 is 9.59 Å². The molecule has 92 valence electrons. The topological polar surface area (TPSA) is 49.4 Å². The van der Waals surface area contributed by atoms with Gasteiger partial charge in [-0.15, -0.1) is 6.42 Å². The van der Waals surface area contributed by atoms with E-state index in [1.807, 2.05) is 0 Å². The summed E-state index contributed by atoms with van der Waals surface area (Å²) in [5.41, 5.74) is 1.38. The quantitative estimate of drug-likeness (QED) is 0.809. The summed E-state index contributed by atoms with van der Waals surface area (Å²) in [5.74, 6) is 2.28. The molecule has 0 aliphatic carbocycles. The first kappa shape index (κ1) is 12.2. The largest absolute Gasteiger partial charge is 0.341 e. The highest BCUT2D eigenvalue weighted by atomic mass is 16.2. The fourth-order valence-electron chi connectivity index (χ4n) is 1.95. The molecule has 2 rings (SSSR count). The van der Waals surface area contributed by atoms with Crippen molar-refractivity contribution in [1.29, 1.82) is 0 Å². The Bertz CT molecular complexity index is 500. The van der Waals surface area contributed by atoms with Gasteiger partial charge in [0, 0.05) is 24.2 Å². The van der Waals surface area contributed by atoms with Gasteiger partial charge in [0.15, 0.2) is 0 Å². The predicted octanol–water partition coefficient (Wildman–Crippen LogP) is 1.18. The van der Waals surface area contributed by atoms with Crippen LogP contribution in [0.15, 0.2) is 24.3 Å². The van der Waals surface area contributed by atoms with Crippen LogP contribution in [0, 0.1) is 12.3 Å². The Morgan fingerprint density at radius 1 is 1.39 bits per heavy atom. The van der Waals surface area contributed by atoms with E-state index in [-0.39, 0.29) is 18.4 Å². The zero-order valence-electron chi connectivity index (χ0n) is 9.98. The molecule has 1 aromatic rings. The number of rotatable bonds is 3. The Morgan fingerprint density at radius 2 is 2.11 bits per heavy atom. The van der Waals surface area contributed by atoms with E-state index in [4.69, 9.17) is 6.42 Å². The zero-order chi connectivity index (χ0) is 13.0. The molecule has 0 bridgehead atoms. The molecule has 0 radical (unpaired) electrons. The first-order chi connectivity index (χ1) is 8.72. The molecule has 1 N–H and O–H groups in total. The number of amides is 2. The molecule has 4 heteroatoms. The molecule has 18 heavy (non-hydrogen) atoms. The molecule has 1 aliphatic rings. The van der Waals surface area contributed by atoms with Crippen molar-refractivity contribution in [2.75, 3.05) is 18.0 Å². The molecule has 1 saturated heterocycles. The van der Waals surface area contributed by atoms with Crippen molar-refractivity contribution >= 4 is 17.5 Å². The summed E-state index contributed by atoms with van der Waals surface area (Å²) in [5, 5.41) is 2.59. The van der Waals surface area contributed by atoms with Crippen LogP contribution in [0.4, 0.5) is 5.69 Å². The minimum atomic E-state index is -0.202. The first-order valence-corrected chi connectivity index (χ1v) is 5.84. The monoisotopic (exact) mass is 242 g/mol. The van der Waals surface area contributed by atoms with Gasteiger partial charge >= 0.3 is 0 Å². The number of benzene rings is 1. The van der Waals surface area contributed by atoms with Crippen LogP contribution < -0.4 is 10.2 Å². The lowest BCUT2D eigenvalue weighted by atomic mass is 10.2. The maximum Gasteiger partial charge on any atom is 0.252 e. The molecular weight excluding hydrogens is 228 g/mol. The van der Waals surface area contributed by atoms with Gasteiger partial charge < -0.3 is 10.2 Å². The van der Waals surface area contributed by atoms with E-state index in [1.54, 1.807) is 29.2 Å². The number of nitrogens with one attached hydrogen (secondary N) is 1. The first-order valence-electron chi connectivity index (χ1n) is 5.84. The number of nitrogens with zero attached hydrogens (tertiary/aromatic N) is 1. The van der Waals surface area contributed by atoms with Crippen LogP contribution in [0.2, 0.25) is 0 Å². The van der Waals surface area contributed by atoms with E-state index in [1.165, 1.54) is 0 Å². The van der Waals surface area contributed by atoms with Crippen LogP contribution in [0.5, 0.6) is 0 Å². The summed E-state index contributed by atoms with van der Waals surface area (Å²) < 4.78 is 0. The molecule has 1 heterocycles. The van der Waals surface area contributed by atoms with E-state index in [2.05, 4.69) is 11.2 Å². The van der Waals surface area contributed by atoms with Crippen molar-refractivity contribution in [3.05, 3.63) is 29.8 Å². The van der Waals surface area contributed by atoms with Crippen LogP contribution >= 0.6 is 0 Å². The molecule has 0 aromatic heterocycles. The highest BCUT2D eigenvalue weighted by Crippen LogP contribution is 2.21. The Hall–Kier alpha value is -2.28. The van der Waals surface area contributed by atoms with Gasteiger partial charge in [-0.25, -0.2) is 0 Å². The summed E-state index contributed by atoms with van der Waals surface area (Å²) >= 11 is 0. The Kier molecular flexibility index (Phi) is 3.63. The maximum absolute atomic E-state index is 11.6. The molecule has 1 aromatic carbocycles. The van der Waals surface area contributed by atoms with Gasteiger partial charge in [0.05, 0.1) is 6.54 Å². The maximum atomic E-state index is 11.6. The normalized spacial score (nSPS) is 14.4. The summed E-state index contributed by atoms with van der Waals surface area (Å²) in [7, 11) is 0. The average molecular weight is 242 g/mol. The van der Waals surface area contributed by atoms with Gasteiger partial charge in [0.1, 0.15) is 0 Å². The second-order valence-corrected chi connectivity index (χ2v) is 4.08. The molecular formula is C14H14N2O2. The van der Waals surface area contributed by atoms with Crippen molar-refractivity contribution in [3.8, 4) is 12.3 Å². The minimum absolute atomic E-state index is 0.138. The van der Waals surface area contributed by atoms with Crippen LogP contribution in [0.3, 0.4) is 0 Å². The van der Waals surface area contributed by atoms with Crippen molar-refractivity contribution in [2.24, 2.45) is 0 Å². The van der Waals surface area contributed by atoms with Gasteiger partial charge in [-0.3, -0.25) is 9.59 Å². The van der Waals surface area contributed by atoms with Crippen LogP contribution in [-0.4, -0.2) is 24.9 Å². The SMILES string of the molecule is C#CCNC(=O)c1ccc(N2CCCC2=O)cc1. The van der Waals surface area contributed by atoms with E-state index in [9.17, 15) is 9.59 Å². The number of carbonyl (C=O) groups is 2. The van der Waals surface area contributed by atoms with Gasteiger partial charge in [-0.05, 0) is 30.7 Å². The number of hydrogen-bond donors (Lipinski definition) is 1. The lowest BCUT2D eigenvalue weighted by Gasteiger charge is -2.15. The predicted molar refractivity (Wildman–Crippen MR) is 69.2 cm³/mol. The lowest BCUT2D eigenvalue weighted by Crippen LogP contribution is -2.25. The van der Waals surface area contributed by atoms with Crippen LogP contribution in [0.25, 0.3) is 0 Å². The molecule has 1 fully saturated rings. The van der Waals surface area contributed by atoms with Gasteiger partial charge in [-0.2, -0.15) is 0 Å². The van der Waals surface area contributed by atoms with Gasteiger partial charge in [-0.1, -0.05) is 5.92 Å². The third-order valence-corrected chi connectivity index (χ3v) is 2.87. The smallest absolute Gasteiger partial charge is 0.252 e. The number of carbonyl (C=O) groups excluding carboxylic acids is 2. The third-order valence-electron chi connectivity index (χ3n) is 2.87. The fourth-order valence-corrected chi connectivity index (χ4v) is 1.95. The van der Waals surface area contributed by atoms with Gasteiger partial charge in [0.25, 0.3) is 5.91 Å². The molecule has 4 nitrogen and oxygen atoms in total. The minimum Gasteiger partial charge on any atom is -0.341 e. The molecule has 2 amide bonds. The summed E-state index contributed by atoms with van der Waals surface area (Å²) in [6.45, 7) is 0.965. The highest BCUT2D eigenvalue weighted by Gasteiger charge is 2.21. The summed E-state index contributed by atoms with van der Waals surface area (Å²) in [4.78, 5) is 24.9. The second kappa shape index (κ2) is 5.37. The Morgan fingerprint density at radius 3 is 2.67 bits per heavy atom. The average Bonchev–Trinajstić information content (AvgIpc) is 2.82. The lowest BCUT2D eigenvalue weighted by molar-refractivity contribution is -0.117. The fraction of sp³-hybridized carbons (Fsp3) is 0.286. The second-order valence-electron chi connectivity index (χ2n) is 4.08. The van der Waals surface area contributed by atoms with Crippen LogP contribution in [-0.2, 0) is 4.79 Å². The molecule has 0 unspecified atom stereocenters.